The van der Waals surface area contributed by atoms with Gasteiger partial charge < -0.3 is 10.1 Å². The van der Waals surface area contributed by atoms with Gasteiger partial charge in [0, 0.05) is 5.02 Å². The Kier molecular flexibility index (Phi) is 5.90. The fraction of sp³-hybridized carbons (Fsp3) is 0.235. The molecule has 1 N–H and O–H groups in total. The van der Waals surface area contributed by atoms with Crippen LogP contribution in [0.4, 0.5) is 11.4 Å². The Morgan fingerprint density at radius 1 is 1.36 bits per heavy atom. The first kappa shape index (κ1) is 19.4. The van der Waals surface area contributed by atoms with E-state index >= 15 is 0 Å². The average Bonchev–Trinajstić information content (AvgIpc) is 3.31. The molecule has 0 aliphatic heterocycles. The number of ether oxygens (including phenoxy) is 1. The number of nitrogens with zero attached hydrogens (tertiary/aromatic N) is 5. The summed E-state index contributed by atoms with van der Waals surface area (Å²) in [5, 5.41) is 22.1. The van der Waals surface area contributed by atoms with Gasteiger partial charge in [-0.15, -0.1) is 0 Å². The van der Waals surface area contributed by atoms with Gasteiger partial charge in [0.05, 0.1) is 23.0 Å². The van der Waals surface area contributed by atoms with Crippen molar-refractivity contribution in [2.45, 2.75) is 26.1 Å². The summed E-state index contributed by atoms with van der Waals surface area (Å²) in [4.78, 5) is 22.8. The molecule has 0 fully saturated rings. The molecular formula is C17H17ClN6O4. The molecule has 0 bridgehead atoms. The van der Waals surface area contributed by atoms with Crippen LogP contribution >= 0.6 is 11.6 Å². The van der Waals surface area contributed by atoms with E-state index in [0.29, 0.717) is 22.9 Å². The number of carbonyl (C=O) groups is 1. The van der Waals surface area contributed by atoms with Crippen molar-refractivity contribution in [2.24, 2.45) is 0 Å². The molecule has 2 aromatic heterocycles. The van der Waals surface area contributed by atoms with E-state index in [0.717, 1.165) is 6.20 Å². The smallest absolute Gasteiger partial charge is 0.307 e. The summed E-state index contributed by atoms with van der Waals surface area (Å²) in [5.74, 6) is 0.246. The topological polar surface area (TPSA) is 117 Å². The van der Waals surface area contributed by atoms with E-state index in [1.54, 1.807) is 37.4 Å². The first-order valence-electron chi connectivity index (χ1n) is 8.36. The van der Waals surface area contributed by atoms with Crippen LogP contribution in [0.2, 0.25) is 5.02 Å². The van der Waals surface area contributed by atoms with Crippen LogP contribution in [0, 0.1) is 10.1 Å². The summed E-state index contributed by atoms with van der Waals surface area (Å²) in [5.41, 5.74) is 0.303. The maximum atomic E-state index is 12.5. The second kappa shape index (κ2) is 8.53. The van der Waals surface area contributed by atoms with E-state index in [4.69, 9.17) is 16.3 Å². The summed E-state index contributed by atoms with van der Waals surface area (Å²) < 4.78 is 8.37. The van der Waals surface area contributed by atoms with Crippen LogP contribution in [0.25, 0.3) is 0 Å². The summed E-state index contributed by atoms with van der Waals surface area (Å²) in [6, 6.07) is 6.29. The predicted octanol–water partition coefficient (Wildman–Crippen LogP) is 3.27. The second-order valence-electron chi connectivity index (χ2n) is 5.85. The van der Waals surface area contributed by atoms with Crippen molar-refractivity contribution < 1.29 is 14.5 Å². The molecule has 1 unspecified atom stereocenters. The van der Waals surface area contributed by atoms with E-state index in [1.165, 1.54) is 21.8 Å². The van der Waals surface area contributed by atoms with Crippen LogP contribution < -0.4 is 10.1 Å². The molecular weight excluding hydrogens is 388 g/mol. The monoisotopic (exact) mass is 404 g/mol. The van der Waals surface area contributed by atoms with Gasteiger partial charge in [-0.3, -0.25) is 19.6 Å². The van der Waals surface area contributed by atoms with Crippen LogP contribution in [0.5, 0.6) is 5.75 Å². The fourth-order valence-corrected chi connectivity index (χ4v) is 2.69. The van der Waals surface area contributed by atoms with E-state index in [1.807, 2.05) is 0 Å². The molecule has 0 saturated heterocycles. The number of hydrogen-bond donors (Lipinski definition) is 1. The third-order valence-corrected chi connectivity index (χ3v) is 4.10. The minimum Gasteiger partial charge on any atom is -0.471 e. The number of halogens is 1. The molecule has 10 nitrogen and oxygen atoms in total. The van der Waals surface area contributed by atoms with Crippen molar-refractivity contribution in [2.75, 3.05) is 5.32 Å². The number of aromatic nitrogens is 4. The lowest BCUT2D eigenvalue weighted by Crippen LogP contribution is -2.25. The summed E-state index contributed by atoms with van der Waals surface area (Å²) in [6.07, 6.45) is 5.85. The normalized spacial score (nSPS) is 11.8. The van der Waals surface area contributed by atoms with Gasteiger partial charge >= 0.3 is 5.69 Å². The molecule has 0 aliphatic rings. The van der Waals surface area contributed by atoms with Gasteiger partial charge in [0.15, 0.2) is 6.73 Å². The number of amides is 1. The van der Waals surface area contributed by atoms with E-state index < -0.39 is 11.0 Å². The molecule has 1 atom stereocenters. The Bertz CT molecular complexity index is 985. The van der Waals surface area contributed by atoms with Gasteiger partial charge in [-0.1, -0.05) is 24.6 Å². The Hall–Kier alpha value is -3.40. The van der Waals surface area contributed by atoms with Crippen molar-refractivity contribution in [3.05, 3.63) is 64.2 Å². The molecule has 11 heteroatoms. The zero-order valence-corrected chi connectivity index (χ0v) is 15.6. The van der Waals surface area contributed by atoms with Crippen molar-refractivity contribution in [1.29, 1.82) is 0 Å². The van der Waals surface area contributed by atoms with Crippen molar-refractivity contribution >= 4 is 28.9 Å². The third-order valence-electron chi connectivity index (χ3n) is 3.87. The summed E-state index contributed by atoms with van der Waals surface area (Å²) in [7, 11) is 0. The molecule has 0 spiro atoms. The standard InChI is InChI=1S/C17H17ClN6O4/c1-2-16(23-10-14(8-20-23)24(26)27)17(25)21-13-7-19-22(9-13)11-28-15-5-3-4-12(18)6-15/h3-10,16H,2,11H2,1H3,(H,21,25). The molecule has 0 saturated carbocycles. The van der Waals surface area contributed by atoms with E-state index in [-0.39, 0.29) is 18.3 Å². The van der Waals surface area contributed by atoms with Gasteiger partial charge in [-0.05, 0) is 24.6 Å². The summed E-state index contributed by atoms with van der Waals surface area (Å²) in [6.45, 7) is 1.93. The highest BCUT2D eigenvalue weighted by Crippen LogP contribution is 2.19. The Morgan fingerprint density at radius 3 is 2.86 bits per heavy atom. The lowest BCUT2D eigenvalue weighted by Gasteiger charge is -2.14. The van der Waals surface area contributed by atoms with E-state index in [9.17, 15) is 14.9 Å². The average molecular weight is 405 g/mol. The zero-order valence-electron chi connectivity index (χ0n) is 14.9. The molecule has 2 heterocycles. The fourth-order valence-electron chi connectivity index (χ4n) is 2.51. The SMILES string of the molecule is CCC(C(=O)Nc1cnn(COc2cccc(Cl)c2)c1)n1cc([N+](=O)[O-])cn1. The van der Waals surface area contributed by atoms with Gasteiger partial charge in [0.1, 0.15) is 24.2 Å². The molecule has 0 radical (unpaired) electrons. The number of benzene rings is 1. The molecule has 1 amide bonds. The van der Waals surface area contributed by atoms with E-state index in [2.05, 4.69) is 15.5 Å². The molecule has 0 aliphatic carbocycles. The van der Waals surface area contributed by atoms with Crippen molar-refractivity contribution in [3.63, 3.8) is 0 Å². The molecule has 3 rings (SSSR count). The van der Waals surface area contributed by atoms with Gasteiger partial charge in [-0.25, -0.2) is 4.68 Å². The van der Waals surface area contributed by atoms with Crippen LogP contribution in [0.15, 0.2) is 49.1 Å². The van der Waals surface area contributed by atoms with Crippen LogP contribution in [-0.4, -0.2) is 30.4 Å². The molecule has 28 heavy (non-hydrogen) atoms. The third kappa shape index (κ3) is 4.65. The molecule has 146 valence electrons. The first-order valence-corrected chi connectivity index (χ1v) is 8.74. The van der Waals surface area contributed by atoms with Gasteiger partial charge in [0.25, 0.3) is 0 Å². The predicted molar refractivity (Wildman–Crippen MR) is 101 cm³/mol. The number of hydrogen-bond acceptors (Lipinski definition) is 6. The van der Waals surface area contributed by atoms with Crippen LogP contribution in [0.1, 0.15) is 19.4 Å². The highest BCUT2D eigenvalue weighted by atomic mass is 35.5. The number of nitro groups is 1. The molecule has 3 aromatic rings. The Balaban J connectivity index is 1.61. The highest BCUT2D eigenvalue weighted by molar-refractivity contribution is 6.30. The minimum atomic E-state index is -0.681. The zero-order chi connectivity index (χ0) is 20.1. The number of rotatable bonds is 8. The Morgan fingerprint density at radius 2 is 2.18 bits per heavy atom. The summed E-state index contributed by atoms with van der Waals surface area (Å²) >= 11 is 5.91. The van der Waals surface area contributed by atoms with Crippen molar-refractivity contribution in [1.82, 2.24) is 19.6 Å². The number of carbonyl (C=O) groups excluding carboxylic acids is 1. The Labute approximate surface area is 164 Å². The number of nitrogens with one attached hydrogen (secondary N) is 1. The lowest BCUT2D eigenvalue weighted by atomic mass is 10.2. The largest absolute Gasteiger partial charge is 0.471 e. The quantitative estimate of drug-likeness (QED) is 0.454. The maximum Gasteiger partial charge on any atom is 0.307 e. The second-order valence-corrected chi connectivity index (χ2v) is 6.28. The number of anilines is 1. The lowest BCUT2D eigenvalue weighted by molar-refractivity contribution is -0.385. The van der Waals surface area contributed by atoms with Crippen LogP contribution in [-0.2, 0) is 11.5 Å². The van der Waals surface area contributed by atoms with Gasteiger partial charge in [-0.2, -0.15) is 10.2 Å². The van der Waals surface area contributed by atoms with Gasteiger partial charge in [0.2, 0.25) is 5.91 Å². The minimum absolute atomic E-state index is 0.138. The molecule has 1 aromatic carbocycles. The first-order chi connectivity index (χ1) is 13.5. The maximum absolute atomic E-state index is 12.5. The van der Waals surface area contributed by atoms with Crippen LogP contribution in [0.3, 0.4) is 0 Å². The highest BCUT2D eigenvalue weighted by Gasteiger charge is 2.22. The van der Waals surface area contributed by atoms with Crippen molar-refractivity contribution in [3.8, 4) is 5.75 Å².